The van der Waals surface area contributed by atoms with Crippen LogP contribution in [0.4, 0.5) is 0 Å². The van der Waals surface area contributed by atoms with Gasteiger partial charge in [0.05, 0.1) is 0 Å². The molecule has 0 atom stereocenters. The van der Waals surface area contributed by atoms with Crippen LogP contribution in [0.25, 0.3) is 0 Å². The first kappa shape index (κ1) is 15.3. The van der Waals surface area contributed by atoms with Crippen LogP contribution in [-0.4, -0.2) is 11.1 Å². The van der Waals surface area contributed by atoms with Crippen molar-refractivity contribution in [2.75, 3.05) is 0 Å². The maximum absolute atomic E-state index is 10.8. The largest absolute Gasteiger partial charge is 0.478 e. The maximum Gasteiger partial charge on any atom is 0.330 e. The smallest absolute Gasteiger partial charge is 0.330 e. The van der Waals surface area contributed by atoms with Gasteiger partial charge in [-0.25, -0.2) is 4.79 Å². The summed E-state index contributed by atoms with van der Waals surface area (Å²) in [5, 5.41) is 8.91. The highest BCUT2D eigenvalue weighted by molar-refractivity contribution is 5.85. The first-order valence-electron chi connectivity index (χ1n) is 7.44. The van der Waals surface area contributed by atoms with Crippen molar-refractivity contribution in [3.63, 3.8) is 0 Å². The molecule has 0 aliphatic heterocycles. The minimum atomic E-state index is -0.779. The lowest BCUT2D eigenvalue weighted by atomic mass is 9.76. The summed E-state index contributed by atoms with van der Waals surface area (Å²) in [6, 6.07) is 0. The molecule has 18 heavy (non-hydrogen) atoms. The van der Waals surface area contributed by atoms with Crippen molar-refractivity contribution < 1.29 is 9.90 Å². The average molecular weight is 252 g/mol. The molecule has 0 aromatic rings. The van der Waals surface area contributed by atoms with Gasteiger partial charge in [-0.1, -0.05) is 57.9 Å². The number of aliphatic carboxylic acids is 1. The van der Waals surface area contributed by atoms with Crippen molar-refractivity contribution in [1.29, 1.82) is 0 Å². The fraction of sp³-hybridized carbons (Fsp3) is 0.812. The fourth-order valence-corrected chi connectivity index (χ4v) is 2.80. The highest BCUT2D eigenvalue weighted by atomic mass is 16.4. The van der Waals surface area contributed by atoms with E-state index in [-0.39, 0.29) is 0 Å². The summed E-state index contributed by atoms with van der Waals surface area (Å²) >= 11 is 0. The van der Waals surface area contributed by atoms with Crippen molar-refractivity contribution >= 4 is 5.97 Å². The monoisotopic (exact) mass is 252 g/mol. The normalized spacial score (nSPS) is 22.4. The lowest BCUT2D eigenvalue weighted by Gasteiger charge is -2.29. The van der Waals surface area contributed by atoms with Crippen LogP contribution in [-0.2, 0) is 4.79 Å². The van der Waals surface area contributed by atoms with E-state index in [2.05, 4.69) is 6.92 Å². The van der Waals surface area contributed by atoms with Crippen molar-refractivity contribution in [3.05, 3.63) is 11.6 Å². The Bertz CT molecular complexity index is 281. The van der Waals surface area contributed by atoms with Crippen LogP contribution in [0.15, 0.2) is 11.6 Å². The SMILES string of the molecule is CC(=CCC1(C)CCCCCCCCC1)C(=O)O. The van der Waals surface area contributed by atoms with Gasteiger partial charge in [-0.2, -0.15) is 0 Å². The molecule has 1 rings (SSSR count). The van der Waals surface area contributed by atoms with E-state index in [1.807, 2.05) is 6.08 Å². The number of carboxylic acid groups (broad SMARTS) is 1. The lowest BCUT2D eigenvalue weighted by Crippen LogP contribution is -2.16. The third-order valence-electron chi connectivity index (χ3n) is 4.30. The van der Waals surface area contributed by atoms with E-state index in [4.69, 9.17) is 5.11 Å². The van der Waals surface area contributed by atoms with Crippen LogP contribution < -0.4 is 0 Å². The van der Waals surface area contributed by atoms with Crippen LogP contribution in [0.1, 0.15) is 78.1 Å². The molecular weight excluding hydrogens is 224 g/mol. The molecule has 0 aromatic heterocycles. The number of hydrogen-bond donors (Lipinski definition) is 1. The number of hydrogen-bond acceptors (Lipinski definition) is 1. The number of carboxylic acids is 1. The molecule has 0 spiro atoms. The maximum atomic E-state index is 10.8. The fourth-order valence-electron chi connectivity index (χ4n) is 2.80. The molecule has 0 bridgehead atoms. The minimum absolute atomic E-state index is 0.314. The van der Waals surface area contributed by atoms with E-state index in [9.17, 15) is 4.79 Å². The Kier molecular flexibility index (Phi) is 6.45. The first-order chi connectivity index (χ1) is 8.53. The van der Waals surface area contributed by atoms with Crippen molar-refractivity contribution in [3.8, 4) is 0 Å². The molecule has 0 aromatic carbocycles. The Balaban J connectivity index is 2.55. The summed E-state index contributed by atoms with van der Waals surface area (Å²) in [7, 11) is 0. The molecule has 1 saturated carbocycles. The third kappa shape index (κ3) is 5.70. The first-order valence-corrected chi connectivity index (χ1v) is 7.44. The van der Waals surface area contributed by atoms with Crippen molar-refractivity contribution in [2.24, 2.45) is 5.41 Å². The van der Waals surface area contributed by atoms with Crippen LogP contribution >= 0.6 is 0 Å². The average Bonchev–Trinajstić information content (AvgIpc) is 2.34. The van der Waals surface area contributed by atoms with E-state index in [1.165, 1.54) is 57.8 Å². The summed E-state index contributed by atoms with van der Waals surface area (Å²) < 4.78 is 0. The molecule has 0 heterocycles. The molecule has 1 fully saturated rings. The predicted molar refractivity (Wildman–Crippen MR) is 75.7 cm³/mol. The Hall–Kier alpha value is -0.790. The molecule has 2 heteroatoms. The van der Waals surface area contributed by atoms with E-state index in [1.54, 1.807) is 6.92 Å². The quantitative estimate of drug-likeness (QED) is 0.722. The van der Waals surface area contributed by atoms with Gasteiger partial charge in [-0.3, -0.25) is 0 Å². The Morgan fingerprint density at radius 2 is 1.50 bits per heavy atom. The molecule has 2 nitrogen and oxygen atoms in total. The molecule has 1 N–H and O–H groups in total. The second-order valence-electron chi connectivity index (χ2n) is 6.18. The van der Waals surface area contributed by atoms with E-state index in [0.717, 1.165) is 6.42 Å². The van der Waals surface area contributed by atoms with Crippen molar-refractivity contribution in [2.45, 2.75) is 78.1 Å². The van der Waals surface area contributed by atoms with Gasteiger partial charge in [-0.05, 0) is 31.6 Å². The third-order valence-corrected chi connectivity index (χ3v) is 4.30. The van der Waals surface area contributed by atoms with Crippen LogP contribution in [0, 0.1) is 5.41 Å². The van der Waals surface area contributed by atoms with E-state index < -0.39 is 5.97 Å². The topological polar surface area (TPSA) is 37.3 Å². The molecule has 0 unspecified atom stereocenters. The molecule has 0 saturated heterocycles. The van der Waals surface area contributed by atoms with Crippen LogP contribution in [0.3, 0.4) is 0 Å². The van der Waals surface area contributed by atoms with E-state index >= 15 is 0 Å². The molecule has 1 aliphatic rings. The summed E-state index contributed by atoms with van der Waals surface area (Å²) in [6.07, 6.45) is 14.8. The van der Waals surface area contributed by atoms with Gasteiger partial charge in [0.2, 0.25) is 0 Å². The lowest BCUT2D eigenvalue weighted by molar-refractivity contribution is -0.132. The zero-order valence-corrected chi connectivity index (χ0v) is 12.0. The number of carbonyl (C=O) groups is 1. The van der Waals surface area contributed by atoms with Gasteiger partial charge in [0.15, 0.2) is 0 Å². The summed E-state index contributed by atoms with van der Waals surface area (Å²) in [4.78, 5) is 10.8. The molecular formula is C16H28O2. The van der Waals surface area contributed by atoms with Gasteiger partial charge < -0.3 is 5.11 Å². The second kappa shape index (κ2) is 7.60. The minimum Gasteiger partial charge on any atom is -0.478 e. The second-order valence-corrected chi connectivity index (χ2v) is 6.18. The molecule has 0 amide bonds. The Morgan fingerprint density at radius 3 is 1.94 bits per heavy atom. The van der Waals surface area contributed by atoms with Gasteiger partial charge in [-0.15, -0.1) is 0 Å². The molecule has 1 aliphatic carbocycles. The van der Waals surface area contributed by atoms with Gasteiger partial charge in [0, 0.05) is 5.57 Å². The summed E-state index contributed by atoms with van der Waals surface area (Å²) in [6.45, 7) is 4.03. The molecule has 0 radical (unpaired) electrons. The number of rotatable bonds is 3. The standard InChI is InChI=1S/C16H28O2/c1-14(15(17)18)10-13-16(2)11-8-6-4-3-5-7-9-12-16/h10H,3-9,11-13H2,1-2H3,(H,17,18). The Labute approximate surface area is 111 Å². The molecule has 104 valence electrons. The zero-order valence-electron chi connectivity index (χ0n) is 12.0. The summed E-state index contributed by atoms with van der Waals surface area (Å²) in [5.74, 6) is -0.779. The number of allylic oxidation sites excluding steroid dienone is 1. The van der Waals surface area contributed by atoms with Crippen LogP contribution in [0.2, 0.25) is 0 Å². The Morgan fingerprint density at radius 1 is 1.06 bits per heavy atom. The van der Waals surface area contributed by atoms with Gasteiger partial charge in [0.1, 0.15) is 0 Å². The van der Waals surface area contributed by atoms with Gasteiger partial charge >= 0.3 is 5.97 Å². The van der Waals surface area contributed by atoms with Gasteiger partial charge in [0.25, 0.3) is 0 Å². The van der Waals surface area contributed by atoms with E-state index in [0.29, 0.717) is 11.0 Å². The summed E-state index contributed by atoms with van der Waals surface area (Å²) in [5.41, 5.74) is 0.807. The highest BCUT2D eigenvalue weighted by Crippen LogP contribution is 2.36. The zero-order chi connectivity index (χ0) is 13.4. The van der Waals surface area contributed by atoms with Crippen molar-refractivity contribution in [1.82, 2.24) is 0 Å². The predicted octanol–water partition coefficient (Wildman–Crippen LogP) is 4.94. The highest BCUT2D eigenvalue weighted by Gasteiger charge is 2.23. The van der Waals surface area contributed by atoms with Crippen LogP contribution in [0.5, 0.6) is 0 Å².